The van der Waals surface area contributed by atoms with Gasteiger partial charge >= 0.3 is 0 Å². The number of fused-ring (bicyclic) bond motifs is 1. The number of hydrogen-bond acceptors (Lipinski definition) is 5. The first kappa shape index (κ1) is 17.4. The third-order valence-corrected chi connectivity index (χ3v) is 6.33. The van der Waals surface area contributed by atoms with E-state index in [0.717, 1.165) is 57.0 Å². The monoisotopic (exact) mass is 346 g/mol. The molecule has 3 rings (SSSR count). The summed E-state index contributed by atoms with van der Waals surface area (Å²) in [5, 5.41) is 13.3. The fourth-order valence-electron chi connectivity index (χ4n) is 3.59. The Morgan fingerprint density at radius 3 is 2.71 bits per heavy atom. The fourth-order valence-corrected chi connectivity index (χ4v) is 4.97. The molecule has 1 aromatic rings. The molecule has 0 radical (unpaired) electrons. The van der Waals surface area contributed by atoms with Crippen molar-refractivity contribution in [3.63, 3.8) is 0 Å². The Morgan fingerprint density at radius 1 is 1.33 bits per heavy atom. The lowest BCUT2D eigenvalue weighted by atomic mass is 9.89. The van der Waals surface area contributed by atoms with Gasteiger partial charge in [-0.15, -0.1) is 11.3 Å². The highest BCUT2D eigenvalue weighted by molar-refractivity contribution is 7.16. The van der Waals surface area contributed by atoms with E-state index in [0.29, 0.717) is 18.0 Å². The summed E-state index contributed by atoms with van der Waals surface area (Å²) in [6.07, 6.45) is 3.13. The Balaban J connectivity index is 1.62. The second-order valence-electron chi connectivity index (χ2n) is 6.93. The third kappa shape index (κ3) is 3.80. The van der Waals surface area contributed by atoms with E-state index < -0.39 is 0 Å². The van der Waals surface area contributed by atoms with Crippen LogP contribution in [0.25, 0.3) is 0 Å². The molecule has 0 saturated carbocycles. The van der Waals surface area contributed by atoms with E-state index in [1.165, 1.54) is 10.4 Å². The molecule has 1 fully saturated rings. The van der Waals surface area contributed by atoms with E-state index in [1.807, 2.05) is 0 Å². The lowest BCUT2D eigenvalue weighted by Crippen LogP contribution is -2.48. The number of nitriles is 1. The van der Waals surface area contributed by atoms with E-state index in [-0.39, 0.29) is 5.91 Å². The predicted molar refractivity (Wildman–Crippen MR) is 97.4 cm³/mol. The maximum absolute atomic E-state index is 12.4. The van der Waals surface area contributed by atoms with Crippen molar-refractivity contribution in [2.75, 3.05) is 44.6 Å². The van der Waals surface area contributed by atoms with Gasteiger partial charge < -0.3 is 10.2 Å². The SMILES string of the molecule is CCN1CCN(CC(=O)Nc2sc3c(c2C#N)CC[C@H](C)C3)CC1. The van der Waals surface area contributed by atoms with E-state index in [4.69, 9.17) is 0 Å². The van der Waals surface area contributed by atoms with Gasteiger partial charge in [-0.05, 0) is 37.3 Å². The normalized spacial score (nSPS) is 22.0. The molecule has 0 unspecified atom stereocenters. The summed E-state index contributed by atoms with van der Waals surface area (Å²) < 4.78 is 0. The summed E-state index contributed by atoms with van der Waals surface area (Å²) in [4.78, 5) is 18.3. The molecule has 1 aliphatic heterocycles. The molecule has 6 heteroatoms. The number of amides is 1. The van der Waals surface area contributed by atoms with Crippen LogP contribution in [-0.2, 0) is 17.6 Å². The molecule has 130 valence electrons. The second kappa shape index (κ2) is 7.64. The zero-order chi connectivity index (χ0) is 17.1. The smallest absolute Gasteiger partial charge is 0.239 e. The van der Waals surface area contributed by atoms with Crippen molar-refractivity contribution in [2.24, 2.45) is 5.92 Å². The van der Waals surface area contributed by atoms with Crippen molar-refractivity contribution < 1.29 is 4.79 Å². The van der Waals surface area contributed by atoms with Crippen LogP contribution < -0.4 is 5.32 Å². The maximum Gasteiger partial charge on any atom is 0.239 e. The highest BCUT2D eigenvalue weighted by atomic mass is 32.1. The Hall–Kier alpha value is -1.42. The minimum atomic E-state index is 0.00286. The first-order valence-corrected chi connectivity index (χ1v) is 9.71. The van der Waals surface area contributed by atoms with Crippen LogP contribution in [0, 0.1) is 17.2 Å². The summed E-state index contributed by atoms with van der Waals surface area (Å²) in [6, 6.07) is 2.32. The first-order chi connectivity index (χ1) is 11.6. The Kier molecular flexibility index (Phi) is 5.54. The van der Waals surface area contributed by atoms with Gasteiger partial charge in [-0.1, -0.05) is 13.8 Å². The lowest BCUT2D eigenvalue weighted by molar-refractivity contribution is -0.117. The van der Waals surface area contributed by atoms with Crippen molar-refractivity contribution in [1.82, 2.24) is 9.80 Å². The molecule has 2 aliphatic rings. The first-order valence-electron chi connectivity index (χ1n) is 8.89. The number of likely N-dealkylation sites (N-methyl/N-ethyl adjacent to an activating group) is 1. The predicted octanol–water partition coefficient (Wildman–Crippen LogP) is 2.32. The van der Waals surface area contributed by atoms with Gasteiger partial charge in [0.05, 0.1) is 12.1 Å². The Bertz CT molecular complexity index is 640. The largest absolute Gasteiger partial charge is 0.315 e. The van der Waals surface area contributed by atoms with Crippen molar-refractivity contribution in [3.05, 3.63) is 16.0 Å². The minimum absolute atomic E-state index is 0.00286. The summed E-state index contributed by atoms with van der Waals surface area (Å²) in [7, 11) is 0. The molecule has 0 bridgehead atoms. The van der Waals surface area contributed by atoms with Gasteiger partial charge in [0, 0.05) is 31.1 Å². The van der Waals surface area contributed by atoms with Gasteiger partial charge in [-0.2, -0.15) is 5.26 Å². The molecule has 1 amide bonds. The number of nitrogens with zero attached hydrogens (tertiary/aromatic N) is 3. The quantitative estimate of drug-likeness (QED) is 0.909. The highest BCUT2D eigenvalue weighted by Gasteiger charge is 2.25. The van der Waals surface area contributed by atoms with E-state index in [1.54, 1.807) is 11.3 Å². The van der Waals surface area contributed by atoms with E-state index in [9.17, 15) is 10.1 Å². The molecule has 0 spiro atoms. The number of rotatable bonds is 4. The Labute approximate surface area is 148 Å². The topological polar surface area (TPSA) is 59.4 Å². The van der Waals surface area contributed by atoms with Crippen LogP contribution >= 0.6 is 11.3 Å². The standard InChI is InChI=1S/C18H26N4OS/c1-3-21-6-8-22(9-7-21)12-17(23)20-18-15(11-19)14-5-4-13(2)10-16(14)24-18/h13H,3-10,12H2,1-2H3,(H,20,23)/t13-/m0/s1. The van der Waals surface area contributed by atoms with Crippen LogP contribution in [0.15, 0.2) is 0 Å². The molecule has 24 heavy (non-hydrogen) atoms. The number of carbonyl (C=O) groups excluding carboxylic acids is 1. The van der Waals surface area contributed by atoms with Gasteiger partial charge in [-0.25, -0.2) is 0 Å². The van der Waals surface area contributed by atoms with Crippen molar-refractivity contribution in [3.8, 4) is 6.07 Å². The fraction of sp³-hybridized carbons (Fsp3) is 0.667. The molecule has 1 N–H and O–H groups in total. The molecule has 5 nitrogen and oxygen atoms in total. The van der Waals surface area contributed by atoms with Crippen molar-refractivity contribution in [1.29, 1.82) is 5.26 Å². The van der Waals surface area contributed by atoms with Gasteiger partial charge in [0.1, 0.15) is 11.1 Å². The summed E-state index contributed by atoms with van der Waals surface area (Å²) in [5.41, 5.74) is 1.87. The zero-order valence-corrected chi connectivity index (χ0v) is 15.4. The average Bonchev–Trinajstić information content (AvgIpc) is 2.91. The number of hydrogen-bond donors (Lipinski definition) is 1. The number of anilines is 1. The van der Waals surface area contributed by atoms with Crippen LogP contribution in [0.4, 0.5) is 5.00 Å². The molecule has 0 aromatic carbocycles. The van der Waals surface area contributed by atoms with Crippen molar-refractivity contribution >= 4 is 22.2 Å². The maximum atomic E-state index is 12.4. The zero-order valence-electron chi connectivity index (χ0n) is 14.6. The number of nitrogens with one attached hydrogen (secondary N) is 1. The number of piperazine rings is 1. The van der Waals surface area contributed by atoms with Crippen LogP contribution in [0.2, 0.25) is 0 Å². The second-order valence-corrected chi connectivity index (χ2v) is 8.03. The van der Waals surface area contributed by atoms with Gasteiger partial charge in [0.25, 0.3) is 0 Å². The minimum Gasteiger partial charge on any atom is -0.315 e. The van der Waals surface area contributed by atoms with Gasteiger partial charge in [-0.3, -0.25) is 9.69 Å². The molecular formula is C18H26N4OS. The van der Waals surface area contributed by atoms with E-state index >= 15 is 0 Å². The summed E-state index contributed by atoms with van der Waals surface area (Å²) in [6.45, 7) is 9.84. The van der Waals surface area contributed by atoms with Crippen LogP contribution in [0.5, 0.6) is 0 Å². The van der Waals surface area contributed by atoms with E-state index in [2.05, 4.69) is 35.0 Å². The average molecular weight is 347 g/mol. The highest BCUT2D eigenvalue weighted by Crippen LogP contribution is 2.39. The molecular weight excluding hydrogens is 320 g/mol. The molecule has 1 aliphatic carbocycles. The molecule has 1 aromatic heterocycles. The Morgan fingerprint density at radius 2 is 2.04 bits per heavy atom. The van der Waals surface area contributed by atoms with Crippen LogP contribution in [-0.4, -0.2) is 55.0 Å². The number of carbonyl (C=O) groups is 1. The molecule has 1 atom stereocenters. The van der Waals surface area contributed by atoms with Gasteiger partial charge in [0.15, 0.2) is 0 Å². The molecule has 1 saturated heterocycles. The summed E-state index contributed by atoms with van der Waals surface area (Å²) >= 11 is 1.60. The van der Waals surface area contributed by atoms with Crippen molar-refractivity contribution in [2.45, 2.75) is 33.1 Å². The van der Waals surface area contributed by atoms with Crippen LogP contribution in [0.3, 0.4) is 0 Å². The number of thiophene rings is 1. The molecule has 2 heterocycles. The summed E-state index contributed by atoms with van der Waals surface area (Å²) in [5.74, 6) is 0.671. The lowest BCUT2D eigenvalue weighted by Gasteiger charge is -2.33. The van der Waals surface area contributed by atoms with Crippen LogP contribution in [0.1, 0.15) is 36.3 Å². The third-order valence-electron chi connectivity index (χ3n) is 5.16. The van der Waals surface area contributed by atoms with Gasteiger partial charge in [0.2, 0.25) is 5.91 Å².